The normalized spacial score (nSPS) is 17.5. The molecule has 1 amide bonds. The van der Waals surface area contributed by atoms with E-state index in [1.807, 2.05) is 6.07 Å². The van der Waals surface area contributed by atoms with E-state index < -0.39 is 0 Å². The monoisotopic (exact) mass is 314 g/mol. The van der Waals surface area contributed by atoms with E-state index in [-0.39, 0.29) is 5.91 Å². The maximum Gasteiger partial charge on any atom is 0.251 e. The molecule has 3 rings (SSSR count). The minimum atomic E-state index is -0.0448. The molecule has 1 atom stereocenters. The lowest BCUT2D eigenvalue weighted by molar-refractivity contribution is 0.0951. The van der Waals surface area contributed by atoms with Crippen LogP contribution in [0.4, 0.5) is 5.69 Å². The highest BCUT2D eigenvalue weighted by molar-refractivity contribution is 6.30. The Morgan fingerprint density at radius 2 is 1.86 bits per heavy atom. The SMILES string of the molecule is O=C(NCC1CCCN1c1ccccc1)c1ccc(Cl)cc1. The minimum Gasteiger partial charge on any atom is -0.367 e. The fourth-order valence-corrected chi connectivity index (χ4v) is 3.05. The third-order valence-corrected chi connectivity index (χ3v) is 4.32. The van der Waals surface area contributed by atoms with Crippen LogP contribution in [0.15, 0.2) is 54.6 Å². The summed E-state index contributed by atoms with van der Waals surface area (Å²) in [7, 11) is 0. The predicted molar refractivity (Wildman–Crippen MR) is 90.6 cm³/mol. The number of carbonyl (C=O) groups is 1. The van der Waals surface area contributed by atoms with Crippen LogP contribution in [0.2, 0.25) is 5.02 Å². The quantitative estimate of drug-likeness (QED) is 0.932. The number of anilines is 1. The molecule has 0 saturated carbocycles. The standard InChI is InChI=1S/C18H19ClN2O/c19-15-10-8-14(9-11-15)18(22)20-13-17-7-4-12-21(17)16-5-2-1-3-6-16/h1-3,5-6,8-11,17H,4,7,12-13H2,(H,20,22). The summed E-state index contributed by atoms with van der Waals surface area (Å²) >= 11 is 5.85. The molecule has 1 aliphatic rings. The van der Waals surface area contributed by atoms with Crippen LogP contribution in [0.3, 0.4) is 0 Å². The fraction of sp³-hybridized carbons (Fsp3) is 0.278. The van der Waals surface area contributed by atoms with Crippen LogP contribution < -0.4 is 10.2 Å². The Kier molecular flexibility index (Phi) is 4.64. The zero-order chi connectivity index (χ0) is 15.4. The van der Waals surface area contributed by atoms with Gasteiger partial charge in [-0.05, 0) is 49.2 Å². The van der Waals surface area contributed by atoms with Crippen molar-refractivity contribution < 1.29 is 4.79 Å². The maximum atomic E-state index is 12.2. The molecule has 0 aliphatic carbocycles. The number of benzene rings is 2. The molecular formula is C18H19ClN2O. The predicted octanol–water partition coefficient (Wildman–Crippen LogP) is 3.74. The number of amides is 1. The van der Waals surface area contributed by atoms with Crippen LogP contribution >= 0.6 is 11.6 Å². The van der Waals surface area contributed by atoms with Crippen LogP contribution in [-0.2, 0) is 0 Å². The van der Waals surface area contributed by atoms with Crippen molar-refractivity contribution in [2.45, 2.75) is 18.9 Å². The molecule has 114 valence electrons. The van der Waals surface area contributed by atoms with E-state index in [0.29, 0.717) is 23.2 Å². The minimum absolute atomic E-state index is 0.0448. The van der Waals surface area contributed by atoms with E-state index in [2.05, 4.69) is 34.5 Å². The molecule has 0 radical (unpaired) electrons. The highest BCUT2D eigenvalue weighted by atomic mass is 35.5. The van der Waals surface area contributed by atoms with Gasteiger partial charge in [-0.3, -0.25) is 4.79 Å². The average molecular weight is 315 g/mol. The van der Waals surface area contributed by atoms with Gasteiger partial charge in [0.15, 0.2) is 0 Å². The molecule has 1 heterocycles. The first kappa shape index (κ1) is 14.9. The number of carbonyl (C=O) groups excluding carboxylic acids is 1. The summed E-state index contributed by atoms with van der Waals surface area (Å²) in [4.78, 5) is 14.6. The summed E-state index contributed by atoms with van der Waals surface area (Å²) in [6.45, 7) is 1.71. The summed E-state index contributed by atoms with van der Waals surface area (Å²) in [6.07, 6.45) is 2.27. The van der Waals surface area contributed by atoms with Gasteiger partial charge >= 0.3 is 0 Å². The number of nitrogens with zero attached hydrogens (tertiary/aromatic N) is 1. The van der Waals surface area contributed by atoms with Gasteiger partial charge in [0.1, 0.15) is 0 Å². The number of nitrogens with one attached hydrogen (secondary N) is 1. The molecular weight excluding hydrogens is 296 g/mol. The van der Waals surface area contributed by atoms with Crippen molar-refractivity contribution in [1.29, 1.82) is 0 Å². The molecule has 4 heteroatoms. The van der Waals surface area contributed by atoms with Crippen molar-refractivity contribution in [3.63, 3.8) is 0 Å². The van der Waals surface area contributed by atoms with Gasteiger partial charge in [-0.2, -0.15) is 0 Å². The molecule has 22 heavy (non-hydrogen) atoms. The molecule has 0 spiro atoms. The highest BCUT2D eigenvalue weighted by Crippen LogP contribution is 2.24. The van der Waals surface area contributed by atoms with Gasteiger partial charge < -0.3 is 10.2 Å². The zero-order valence-electron chi connectivity index (χ0n) is 12.3. The summed E-state index contributed by atoms with van der Waals surface area (Å²) < 4.78 is 0. The Labute approximate surface area is 135 Å². The first-order chi connectivity index (χ1) is 10.7. The van der Waals surface area contributed by atoms with Crippen molar-refractivity contribution in [1.82, 2.24) is 5.32 Å². The van der Waals surface area contributed by atoms with Gasteiger partial charge in [0.25, 0.3) is 5.91 Å². The van der Waals surface area contributed by atoms with Gasteiger partial charge in [-0.25, -0.2) is 0 Å². The van der Waals surface area contributed by atoms with E-state index in [1.165, 1.54) is 5.69 Å². The lowest BCUT2D eigenvalue weighted by Gasteiger charge is -2.27. The lowest BCUT2D eigenvalue weighted by atomic mass is 10.1. The second-order valence-electron chi connectivity index (χ2n) is 5.54. The van der Waals surface area contributed by atoms with E-state index in [9.17, 15) is 4.79 Å². The fourth-order valence-electron chi connectivity index (χ4n) is 2.92. The topological polar surface area (TPSA) is 32.3 Å². The van der Waals surface area contributed by atoms with Crippen molar-refractivity contribution in [2.24, 2.45) is 0 Å². The second-order valence-corrected chi connectivity index (χ2v) is 5.98. The molecule has 3 nitrogen and oxygen atoms in total. The lowest BCUT2D eigenvalue weighted by Crippen LogP contribution is -2.40. The average Bonchev–Trinajstić information content (AvgIpc) is 3.02. The summed E-state index contributed by atoms with van der Waals surface area (Å²) in [5.74, 6) is -0.0448. The molecule has 2 aromatic carbocycles. The van der Waals surface area contributed by atoms with Gasteiger partial charge in [0.05, 0.1) is 0 Å². The summed E-state index contributed by atoms with van der Waals surface area (Å²) in [6, 6.07) is 17.7. The van der Waals surface area contributed by atoms with Gasteiger partial charge in [0, 0.05) is 35.4 Å². The largest absolute Gasteiger partial charge is 0.367 e. The molecule has 0 bridgehead atoms. The molecule has 1 fully saturated rings. The van der Waals surface area contributed by atoms with Crippen molar-refractivity contribution in [3.8, 4) is 0 Å². The number of hydrogen-bond donors (Lipinski definition) is 1. The van der Waals surface area contributed by atoms with E-state index in [4.69, 9.17) is 11.6 Å². The molecule has 1 N–H and O–H groups in total. The molecule has 1 unspecified atom stereocenters. The van der Waals surface area contributed by atoms with Crippen LogP contribution in [0.1, 0.15) is 23.2 Å². The first-order valence-corrected chi connectivity index (χ1v) is 7.97. The number of rotatable bonds is 4. The number of hydrogen-bond acceptors (Lipinski definition) is 2. The Hall–Kier alpha value is -2.00. The molecule has 0 aromatic heterocycles. The van der Waals surface area contributed by atoms with E-state index >= 15 is 0 Å². The summed E-state index contributed by atoms with van der Waals surface area (Å²) in [5.41, 5.74) is 1.87. The van der Waals surface area contributed by atoms with E-state index in [0.717, 1.165) is 19.4 Å². The van der Waals surface area contributed by atoms with E-state index in [1.54, 1.807) is 24.3 Å². The Morgan fingerprint density at radius 3 is 2.59 bits per heavy atom. The Bertz CT molecular complexity index is 627. The highest BCUT2D eigenvalue weighted by Gasteiger charge is 2.25. The first-order valence-electron chi connectivity index (χ1n) is 7.59. The third kappa shape index (κ3) is 3.42. The van der Waals surface area contributed by atoms with Crippen LogP contribution in [0.5, 0.6) is 0 Å². The summed E-state index contributed by atoms with van der Waals surface area (Å²) in [5, 5.41) is 3.68. The van der Waals surface area contributed by atoms with Crippen molar-refractivity contribution in [3.05, 3.63) is 65.2 Å². The van der Waals surface area contributed by atoms with Crippen LogP contribution in [0, 0.1) is 0 Å². The number of halogens is 1. The second kappa shape index (κ2) is 6.84. The molecule has 2 aromatic rings. The Balaban J connectivity index is 1.61. The van der Waals surface area contributed by atoms with Gasteiger partial charge in [-0.15, -0.1) is 0 Å². The smallest absolute Gasteiger partial charge is 0.251 e. The molecule has 1 saturated heterocycles. The Morgan fingerprint density at radius 1 is 1.14 bits per heavy atom. The third-order valence-electron chi connectivity index (χ3n) is 4.07. The van der Waals surface area contributed by atoms with Gasteiger partial charge in [-0.1, -0.05) is 29.8 Å². The molecule has 1 aliphatic heterocycles. The van der Waals surface area contributed by atoms with Crippen LogP contribution in [-0.4, -0.2) is 25.0 Å². The van der Waals surface area contributed by atoms with Gasteiger partial charge in [0.2, 0.25) is 0 Å². The van der Waals surface area contributed by atoms with Crippen LogP contribution in [0.25, 0.3) is 0 Å². The maximum absolute atomic E-state index is 12.2. The zero-order valence-corrected chi connectivity index (χ0v) is 13.1. The van der Waals surface area contributed by atoms with Crippen molar-refractivity contribution in [2.75, 3.05) is 18.0 Å². The number of para-hydroxylation sites is 1. The van der Waals surface area contributed by atoms with Crippen molar-refractivity contribution >= 4 is 23.2 Å².